The average molecular weight is 420 g/mol. The molecular weight excluding hydrogens is 386 g/mol. The summed E-state index contributed by atoms with van der Waals surface area (Å²) in [6, 6.07) is 11.9. The number of carbonyl (C=O) groups is 2. The fourth-order valence-electron chi connectivity index (χ4n) is 3.98. The summed E-state index contributed by atoms with van der Waals surface area (Å²) in [5.74, 6) is -0.323. The smallest absolute Gasteiger partial charge is 0.277 e. The van der Waals surface area contributed by atoms with Crippen LogP contribution in [-0.2, 0) is 16.0 Å². The second-order valence-corrected chi connectivity index (χ2v) is 8.10. The molecule has 2 amide bonds. The van der Waals surface area contributed by atoms with Crippen molar-refractivity contribution in [3.8, 4) is 0 Å². The van der Waals surface area contributed by atoms with Crippen molar-refractivity contribution >= 4 is 17.4 Å². The van der Waals surface area contributed by atoms with Crippen LogP contribution < -0.4 is 0 Å². The number of aryl methyl sites for hydroxylation is 1. The summed E-state index contributed by atoms with van der Waals surface area (Å²) in [7, 11) is 0. The minimum absolute atomic E-state index is 0.159. The van der Waals surface area contributed by atoms with E-state index < -0.39 is 0 Å². The lowest BCUT2D eigenvalue weighted by atomic mass is 10.0. The number of benzene rings is 1. The number of hydrogen-bond acceptors (Lipinski definition) is 4. The quantitative estimate of drug-likeness (QED) is 0.394. The number of rotatable bonds is 11. The van der Waals surface area contributed by atoms with Crippen molar-refractivity contribution in [3.05, 3.63) is 71.2 Å². The van der Waals surface area contributed by atoms with Gasteiger partial charge in [0, 0.05) is 32.0 Å². The van der Waals surface area contributed by atoms with E-state index in [4.69, 9.17) is 0 Å². The molecule has 0 atom stereocenters. The van der Waals surface area contributed by atoms with Gasteiger partial charge in [-0.2, -0.15) is 0 Å². The Balaban J connectivity index is 1.90. The Morgan fingerprint density at radius 1 is 0.903 bits per heavy atom. The number of nitrogens with zero attached hydrogens (tertiary/aromatic N) is 3. The minimum Gasteiger partial charge on any atom is -0.366 e. The fraction of sp³-hybridized carbons (Fsp3) is 0.423. The van der Waals surface area contributed by atoms with Crippen molar-refractivity contribution in [3.63, 3.8) is 0 Å². The Morgan fingerprint density at radius 3 is 2.26 bits per heavy atom. The van der Waals surface area contributed by atoms with Gasteiger partial charge in [-0.05, 0) is 49.9 Å². The molecule has 164 valence electrons. The standard InChI is InChI=1S/C26H33N3O2/c1-4-6-7-8-18-29-25(30)23(22-11-9-20(3)10-12-22)24(26(29)31)28(5-2)19-15-21-13-16-27-17-14-21/h9-14,16-17H,4-8,15,18-19H2,1-3H3. The van der Waals surface area contributed by atoms with Crippen LogP contribution in [0.1, 0.15) is 56.2 Å². The van der Waals surface area contributed by atoms with Gasteiger partial charge in [0.1, 0.15) is 5.70 Å². The van der Waals surface area contributed by atoms with E-state index in [9.17, 15) is 9.59 Å². The highest BCUT2D eigenvalue weighted by atomic mass is 16.2. The molecule has 1 aliphatic rings. The molecule has 0 fully saturated rings. The maximum atomic E-state index is 13.4. The van der Waals surface area contributed by atoms with Crippen molar-refractivity contribution in [1.82, 2.24) is 14.8 Å². The Labute approximate surface area is 185 Å². The summed E-state index contributed by atoms with van der Waals surface area (Å²) >= 11 is 0. The van der Waals surface area contributed by atoms with E-state index in [1.807, 2.05) is 50.2 Å². The zero-order chi connectivity index (χ0) is 22.2. The molecule has 31 heavy (non-hydrogen) atoms. The number of carbonyl (C=O) groups excluding carboxylic acids is 2. The van der Waals surface area contributed by atoms with Crippen LogP contribution in [0, 0.1) is 6.92 Å². The minimum atomic E-state index is -0.164. The van der Waals surface area contributed by atoms with Crippen molar-refractivity contribution in [2.45, 2.75) is 52.9 Å². The number of imide groups is 1. The van der Waals surface area contributed by atoms with Crippen LogP contribution >= 0.6 is 0 Å². The number of pyridine rings is 1. The van der Waals surface area contributed by atoms with Gasteiger partial charge in [0.25, 0.3) is 11.8 Å². The van der Waals surface area contributed by atoms with E-state index >= 15 is 0 Å². The number of aromatic nitrogens is 1. The molecule has 1 aromatic heterocycles. The molecule has 0 saturated carbocycles. The molecular formula is C26H33N3O2. The molecule has 0 unspecified atom stereocenters. The first-order valence-corrected chi connectivity index (χ1v) is 11.4. The van der Waals surface area contributed by atoms with Crippen molar-refractivity contribution < 1.29 is 9.59 Å². The third-order valence-electron chi connectivity index (χ3n) is 5.84. The SMILES string of the molecule is CCCCCCN1C(=O)C(c2ccc(C)cc2)=C(N(CC)CCc2ccncc2)C1=O. The maximum absolute atomic E-state index is 13.4. The first-order chi connectivity index (χ1) is 15.1. The van der Waals surface area contributed by atoms with Crippen molar-refractivity contribution in [2.24, 2.45) is 0 Å². The molecule has 0 radical (unpaired) electrons. The van der Waals surface area contributed by atoms with Crippen LogP contribution in [0.15, 0.2) is 54.5 Å². The predicted octanol–water partition coefficient (Wildman–Crippen LogP) is 4.61. The summed E-state index contributed by atoms with van der Waals surface area (Å²) in [5, 5.41) is 0. The fourth-order valence-corrected chi connectivity index (χ4v) is 3.98. The summed E-state index contributed by atoms with van der Waals surface area (Å²) in [6.07, 6.45) is 8.48. The van der Waals surface area contributed by atoms with Crippen LogP contribution in [-0.4, -0.2) is 46.2 Å². The van der Waals surface area contributed by atoms with Crippen LogP contribution in [0.25, 0.3) is 5.57 Å². The molecule has 2 heterocycles. The van der Waals surface area contributed by atoms with Gasteiger partial charge < -0.3 is 4.90 Å². The lowest BCUT2D eigenvalue weighted by molar-refractivity contribution is -0.137. The summed E-state index contributed by atoms with van der Waals surface area (Å²) < 4.78 is 0. The lowest BCUT2D eigenvalue weighted by Gasteiger charge is -2.25. The van der Waals surface area contributed by atoms with E-state index in [2.05, 4.69) is 16.8 Å². The lowest BCUT2D eigenvalue weighted by Crippen LogP contribution is -2.36. The van der Waals surface area contributed by atoms with Crippen molar-refractivity contribution in [2.75, 3.05) is 19.6 Å². The van der Waals surface area contributed by atoms with Crippen molar-refractivity contribution in [1.29, 1.82) is 0 Å². The predicted molar refractivity (Wildman–Crippen MR) is 124 cm³/mol. The molecule has 1 aliphatic heterocycles. The highest BCUT2D eigenvalue weighted by Crippen LogP contribution is 2.32. The number of amides is 2. The van der Waals surface area contributed by atoms with Crippen LogP contribution in [0.3, 0.4) is 0 Å². The van der Waals surface area contributed by atoms with Gasteiger partial charge in [0.2, 0.25) is 0 Å². The second-order valence-electron chi connectivity index (χ2n) is 8.10. The first kappa shape index (κ1) is 22.7. The molecule has 5 nitrogen and oxygen atoms in total. The summed E-state index contributed by atoms with van der Waals surface area (Å²) in [5.41, 5.74) is 4.19. The van der Waals surface area contributed by atoms with Crippen LogP contribution in [0.5, 0.6) is 0 Å². The molecule has 0 spiro atoms. The van der Waals surface area contributed by atoms with Gasteiger partial charge >= 0.3 is 0 Å². The average Bonchev–Trinajstić information content (AvgIpc) is 3.03. The third kappa shape index (κ3) is 5.40. The van der Waals surface area contributed by atoms with E-state index in [1.165, 1.54) is 10.5 Å². The van der Waals surface area contributed by atoms with E-state index in [0.29, 0.717) is 30.9 Å². The molecule has 0 aliphatic carbocycles. The molecule has 2 aromatic rings. The number of unbranched alkanes of at least 4 members (excludes halogenated alkanes) is 3. The topological polar surface area (TPSA) is 53.5 Å². The zero-order valence-electron chi connectivity index (χ0n) is 18.9. The first-order valence-electron chi connectivity index (χ1n) is 11.4. The van der Waals surface area contributed by atoms with Gasteiger partial charge in [-0.25, -0.2) is 0 Å². The van der Waals surface area contributed by atoms with Gasteiger partial charge in [-0.1, -0.05) is 56.0 Å². The molecule has 0 saturated heterocycles. The number of hydrogen-bond donors (Lipinski definition) is 0. The zero-order valence-corrected chi connectivity index (χ0v) is 18.9. The monoisotopic (exact) mass is 419 g/mol. The third-order valence-corrected chi connectivity index (χ3v) is 5.84. The Kier molecular flexibility index (Phi) is 7.99. The number of likely N-dealkylation sites (N-methyl/N-ethyl adjacent to an activating group) is 1. The molecule has 3 rings (SSSR count). The van der Waals surface area contributed by atoms with Gasteiger partial charge in [0.15, 0.2) is 0 Å². The molecule has 0 bridgehead atoms. The van der Waals surface area contributed by atoms with Crippen LogP contribution in [0.4, 0.5) is 0 Å². The van der Waals surface area contributed by atoms with Gasteiger partial charge in [-0.3, -0.25) is 19.5 Å². The molecule has 1 aromatic carbocycles. The van der Waals surface area contributed by atoms with Crippen LogP contribution in [0.2, 0.25) is 0 Å². The van der Waals surface area contributed by atoms with E-state index in [1.54, 1.807) is 12.4 Å². The Morgan fingerprint density at radius 2 is 1.61 bits per heavy atom. The molecule has 5 heteroatoms. The maximum Gasteiger partial charge on any atom is 0.277 e. The second kappa shape index (κ2) is 10.9. The normalized spacial score (nSPS) is 14.0. The highest BCUT2D eigenvalue weighted by molar-refractivity contribution is 6.35. The molecule has 0 N–H and O–H groups in total. The summed E-state index contributed by atoms with van der Waals surface area (Å²) in [4.78, 5) is 34.4. The highest BCUT2D eigenvalue weighted by Gasteiger charge is 2.40. The van der Waals surface area contributed by atoms with Gasteiger partial charge in [-0.15, -0.1) is 0 Å². The largest absolute Gasteiger partial charge is 0.366 e. The Bertz CT molecular complexity index is 919. The van der Waals surface area contributed by atoms with E-state index in [-0.39, 0.29) is 11.8 Å². The van der Waals surface area contributed by atoms with E-state index in [0.717, 1.165) is 43.2 Å². The van der Waals surface area contributed by atoms with Gasteiger partial charge in [0.05, 0.1) is 5.57 Å². The summed E-state index contributed by atoms with van der Waals surface area (Å²) in [6.45, 7) is 8.04. The Hall–Kier alpha value is -2.95.